The Labute approximate surface area is 136 Å². The number of rotatable bonds is 4. The SMILES string of the molecule is CCC1CCCC(NCc2cc(Br)cc3c2OCC3)CC1. The zero-order valence-corrected chi connectivity index (χ0v) is 14.5. The van der Waals surface area contributed by atoms with E-state index in [1.54, 1.807) is 0 Å². The third-order valence-electron chi connectivity index (χ3n) is 5.07. The number of benzene rings is 1. The van der Waals surface area contributed by atoms with Crippen molar-refractivity contribution in [3.63, 3.8) is 0 Å². The number of hydrogen-bond donors (Lipinski definition) is 1. The molecule has 2 aliphatic rings. The smallest absolute Gasteiger partial charge is 0.127 e. The highest BCUT2D eigenvalue weighted by Gasteiger charge is 2.20. The monoisotopic (exact) mass is 351 g/mol. The van der Waals surface area contributed by atoms with Gasteiger partial charge in [0.15, 0.2) is 0 Å². The van der Waals surface area contributed by atoms with E-state index in [-0.39, 0.29) is 0 Å². The zero-order valence-electron chi connectivity index (χ0n) is 13.0. The van der Waals surface area contributed by atoms with Crippen LogP contribution in [0.15, 0.2) is 16.6 Å². The summed E-state index contributed by atoms with van der Waals surface area (Å²) in [5, 5.41) is 3.78. The van der Waals surface area contributed by atoms with Crippen molar-refractivity contribution in [2.24, 2.45) is 5.92 Å². The van der Waals surface area contributed by atoms with Crippen LogP contribution in [0, 0.1) is 5.92 Å². The van der Waals surface area contributed by atoms with Crippen LogP contribution < -0.4 is 10.1 Å². The van der Waals surface area contributed by atoms with Crippen molar-refractivity contribution in [1.82, 2.24) is 5.32 Å². The maximum absolute atomic E-state index is 5.82. The highest BCUT2D eigenvalue weighted by molar-refractivity contribution is 9.10. The fraction of sp³-hybridized carbons (Fsp3) is 0.667. The normalized spacial score (nSPS) is 25.2. The summed E-state index contributed by atoms with van der Waals surface area (Å²) in [5.41, 5.74) is 2.67. The molecule has 1 N–H and O–H groups in total. The van der Waals surface area contributed by atoms with Gasteiger partial charge in [0.25, 0.3) is 0 Å². The van der Waals surface area contributed by atoms with E-state index in [0.29, 0.717) is 6.04 Å². The van der Waals surface area contributed by atoms with Crippen molar-refractivity contribution in [2.75, 3.05) is 6.61 Å². The molecule has 0 saturated heterocycles. The van der Waals surface area contributed by atoms with Gasteiger partial charge in [-0.25, -0.2) is 0 Å². The van der Waals surface area contributed by atoms with Crippen molar-refractivity contribution in [1.29, 1.82) is 0 Å². The number of fused-ring (bicyclic) bond motifs is 1. The largest absolute Gasteiger partial charge is 0.493 e. The Morgan fingerprint density at radius 2 is 2.14 bits per heavy atom. The summed E-state index contributed by atoms with van der Waals surface area (Å²) in [6, 6.07) is 5.09. The van der Waals surface area contributed by atoms with E-state index in [1.165, 1.54) is 54.1 Å². The Hall–Kier alpha value is -0.540. The zero-order chi connectivity index (χ0) is 14.7. The van der Waals surface area contributed by atoms with Gasteiger partial charge in [0.1, 0.15) is 5.75 Å². The molecule has 0 aromatic heterocycles. The average Bonchev–Trinajstić information content (AvgIpc) is 2.82. The van der Waals surface area contributed by atoms with E-state index >= 15 is 0 Å². The Kier molecular flexibility index (Phi) is 5.23. The second-order valence-corrected chi connectivity index (χ2v) is 7.43. The van der Waals surface area contributed by atoms with Crippen LogP contribution in [0.1, 0.15) is 56.6 Å². The van der Waals surface area contributed by atoms with Gasteiger partial charge in [-0.1, -0.05) is 42.1 Å². The van der Waals surface area contributed by atoms with Gasteiger partial charge in [-0.05, 0) is 42.9 Å². The fourth-order valence-corrected chi connectivity index (χ4v) is 4.28. The van der Waals surface area contributed by atoms with Crippen molar-refractivity contribution in [3.05, 3.63) is 27.7 Å². The van der Waals surface area contributed by atoms with Crippen LogP contribution in [0.3, 0.4) is 0 Å². The van der Waals surface area contributed by atoms with Crippen LogP contribution >= 0.6 is 15.9 Å². The van der Waals surface area contributed by atoms with Gasteiger partial charge in [0, 0.05) is 29.0 Å². The van der Waals surface area contributed by atoms with Crippen LogP contribution in [0.5, 0.6) is 5.75 Å². The van der Waals surface area contributed by atoms with Gasteiger partial charge in [-0.2, -0.15) is 0 Å². The highest BCUT2D eigenvalue weighted by Crippen LogP contribution is 2.33. The van der Waals surface area contributed by atoms with Crippen molar-refractivity contribution in [3.8, 4) is 5.75 Å². The molecule has 2 unspecified atom stereocenters. The number of hydrogen-bond acceptors (Lipinski definition) is 2. The quantitative estimate of drug-likeness (QED) is 0.784. The summed E-state index contributed by atoms with van der Waals surface area (Å²) in [6.45, 7) is 4.10. The predicted octanol–water partition coefficient (Wildman–Crippen LogP) is 4.83. The minimum Gasteiger partial charge on any atom is -0.493 e. The summed E-state index contributed by atoms with van der Waals surface area (Å²) < 4.78 is 7.00. The van der Waals surface area contributed by atoms with Crippen LogP contribution in [0.25, 0.3) is 0 Å². The molecule has 1 aliphatic heterocycles. The van der Waals surface area contributed by atoms with Gasteiger partial charge < -0.3 is 10.1 Å². The standard InChI is InChI=1S/C18H26BrNO/c1-2-13-4-3-5-17(7-6-13)20-12-15-11-16(19)10-14-8-9-21-18(14)15/h10-11,13,17,20H,2-9,12H2,1H3. The number of ether oxygens (including phenoxy) is 1. The molecule has 0 spiro atoms. The van der Waals surface area contributed by atoms with Gasteiger partial charge in [-0.3, -0.25) is 0 Å². The molecule has 0 bridgehead atoms. The lowest BCUT2D eigenvalue weighted by Crippen LogP contribution is -2.28. The molecule has 3 heteroatoms. The lowest BCUT2D eigenvalue weighted by atomic mass is 9.98. The van der Waals surface area contributed by atoms with E-state index < -0.39 is 0 Å². The fourth-order valence-electron chi connectivity index (χ4n) is 3.72. The topological polar surface area (TPSA) is 21.3 Å². The van der Waals surface area contributed by atoms with Crippen molar-refractivity contribution >= 4 is 15.9 Å². The maximum atomic E-state index is 5.82. The molecule has 1 heterocycles. The number of nitrogens with one attached hydrogen (secondary N) is 1. The molecule has 1 fully saturated rings. The molecule has 2 nitrogen and oxygen atoms in total. The second-order valence-electron chi connectivity index (χ2n) is 6.51. The summed E-state index contributed by atoms with van der Waals surface area (Å²) in [6.07, 6.45) is 9.24. The molecule has 1 saturated carbocycles. The van der Waals surface area contributed by atoms with Crippen LogP contribution in [0.4, 0.5) is 0 Å². The molecule has 1 aromatic carbocycles. The van der Waals surface area contributed by atoms with E-state index in [1.807, 2.05) is 0 Å². The van der Waals surface area contributed by atoms with E-state index in [2.05, 4.69) is 40.3 Å². The van der Waals surface area contributed by atoms with Gasteiger partial charge in [-0.15, -0.1) is 0 Å². The van der Waals surface area contributed by atoms with Crippen LogP contribution in [0.2, 0.25) is 0 Å². The number of halogens is 1. The molecule has 0 radical (unpaired) electrons. The Bertz CT molecular complexity index is 488. The van der Waals surface area contributed by atoms with Gasteiger partial charge in [0.05, 0.1) is 6.61 Å². The Morgan fingerprint density at radius 3 is 3.00 bits per heavy atom. The summed E-state index contributed by atoms with van der Waals surface area (Å²) in [7, 11) is 0. The first-order valence-electron chi connectivity index (χ1n) is 8.43. The summed E-state index contributed by atoms with van der Waals surface area (Å²) in [4.78, 5) is 0. The molecule has 1 aromatic rings. The first kappa shape index (κ1) is 15.4. The van der Waals surface area contributed by atoms with Crippen molar-refractivity contribution < 1.29 is 4.74 Å². The van der Waals surface area contributed by atoms with E-state index in [0.717, 1.165) is 31.2 Å². The third-order valence-corrected chi connectivity index (χ3v) is 5.53. The lowest BCUT2D eigenvalue weighted by molar-refractivity contribution is 0.350. The highest BCUT2D eigenvalue weighted by atomic mass is 79.9. The third kappa shape index (κ3) is 3.81. The minimum atomic E-state index is 0.678. The minimum absolute atomic E-state index is 0.678. The molecule has 1 aliphatic carbocycles. The Balaban J connectivity index is 1.60. The first-order valence-corrected chi connectivity index (χ1v) is 9.23. The lowest BCUT2D eigenvalue weighted by Gasteiger charge is -2.18. The van der Waals surface area contributed by atoms with Gasteiger partial charge in [0.2, 0.25) is 0 Å². The molecule has 0 amide bonds. The van der Waals surface area contributed by atoms with E-state index in [9.17, 15) is 0 Å². The summed E-state index contributed by atoms with van der Waals surface area (Å²) in [5.74, 6) is 2.08. The second kappa shape index (κ2) is 7.15. The Morgan fingerprint density at radius 1 is 1.24 bits per heavy atom. The van der Waals surface area contributed by atoms with Crippen molar-refractivity contribution in [2.45, 2.75) is 64.5 Å². The van der Waals surface area contributed by atoms with Crippen LogP contribution in [-0.4, -0.2) is 12.6 Å². The molecule has 21 heavy (non-hydrogen) atoms. The molecule has 2 atom stereocenters. The first-order chi connectivity index (χ1) is 10.3. The summed E-state index contributed by atoms with van der Waals surface area (Å²) >= 11 is 3.63. The molecular weight excluding hydrogens is 326 g/mol. The molecule has 116 valence electrons. The molecule has 3 rings (SSSR count). The average molecular weight is 352 g/mol. The van der Waals surface area contributed by atoms with Crippen LogP contribution in [-0.2, 0) is 13.0 Å². The molecular formula is C18H26BrNO. The maximum Gasteiger partial charge on any atom is 0.127 e. The predicted molar refractivity (Wildman–Crippen MR) is 90.8 cm³/mol. The van der Waals surface area contributed by atoms with E-state index in [4.69, 9.17) is 4.74 Å². The van der Waals surface area contributed by atoms with Gasteiger partial charge >= 0.3 is 0 Å².